The Morgan fingerprint density at radius 3 is 2.38 bits per heavy atom. The predicted octanol–water partition coefficient (Wildman–Crippen LogP) is 5.21. The van der Waals surface area contributed by atoms with Crippen molar-refractivity contribution in [2.45, 2.75) is 58.9 Å². The Bertz CT molecular complexity index is 2250. The van der Waals surface area contributed by atoms with Crippen molar-refractivity contribution >= 4 is 59.6 Å². The normalized spacial score (nSPS) is 14.1. The maximum absolute atomic E-state index is 13.6. The Hall–Kier alpha value is -5.31. The molecule has 6 rings (SSSR count). The number of nitrogens with one attached hydrogen (secondary N) is 2. The van der Waals surface area contributed by atoms with Crippen LogP contribution in [0.5, 0.6) is 5.75 Å². The van der Waals surface area contributed by atoms with Gasteiger partial charge in [-0.25, -0.2) is 9.36 Å². The summed E-state index contributed by atoms with van der Waals surface area (Å²) in [5.74, 6) is 0.920. The van der Waals surface area contributed by atoms with Gasteiger partial charge in [-0.15, -0.1) is 10.2 Å². The third kappa shape index (κ3) is 7.89. The van der Waals surface area contributed by atoms with E-state index >= 15 is 0 Å². The zero-order valence-corrected chi connectivity index (χ0v) is 32.4. The molecule has 0 spiro atoms. The molecule has 3 N–H and O–H groups in total. The first-order valence-electron chi connectivity index (χ1n) is 17.2. The molecule has 1 aliphatic heterocycles. The zero-order valence-electron chi connectivity index (χ0n) is 30.7. The fraction of sp³-hybridized carbons (Fsp3) is 0.316. The number of hydrogen-bond acceptors (Lipinski definition) is 9. The molecule has 2 aromatic heterocycles. The molecule has 276 valence electrons. The summed E-state index contributed by atoms with van der Waals surface area (Å²) >= 11 is 6.21. The van der Waals surface area contributed by atoms with E-state index < -0.39 is 32.0 Å². The summed E-state index contributed by atoms with van der Waals surface area (Å²) < 4.78 is 14.3. The highest BCUT2D eigenvalue weighted by Gasteiger charge is 2.31. The van der Waals surface area contributed by atoms with Crippen molar-refractivity contribution in [3.8, 4) is 11.4 Å². The van der Waals surface area contributed by atoms with Crippen LogP contribution in [-0.4, -0.2) is 81.9 Å². The van der Waals surface area contributed by atoms with Gasteiger partial charge in [-0.2, -0.15) is 0 Å². The fourth-order valence-corrected chi connectivity index (χ4v) is 7.82. The number of fused-ring (bicyclic) bond motifs is 4. The average Bonchev–Trinajstić information content (AvgIpc) is 3.64. The molecule has 1 atom stereocenters. The van der Waals surface area contributed by atoms with Gasteiger partial charge in [-0.1, -0.05) is 35.9 Å². The Morgan fingerprint density at radius 2 is 1.70 bits per heavy atom. The van der Waals surface area contributed by atoms with E-state index in [0.717, 1.165) is 16.8 Å². The third-order valence-electron chi connectivity index (χ3n) is 8.68. The van der Waals surface area contributed by atoms with Gasteiger partial charge in [0.15, 0.2) is 5.82 Å². The number of amides is 2. The number of carbonyl (C=O) groups is 3. The molecule has 0 radical (unpaired) electrons. The first-order valence-corrected chi connectivity index (χ1v) is 20.5. The number of carbonyl (C=O) groups excluding carboxylic acids is 3. The van der Waals surface area contributed by atoms with E-state index in [0.29, 0.717) is 44.2 Å². The van der Waals surface area contributed by atoms with Crippen molar-refractivity contribution in [1.29, 1.82) is 0 Å². The van der Waals surface area contributed by atoms with Crippen molar-refractivity contribution < 1.29 is 28.7 Å². The van der Waals surface area contributed by atoms with Gasteiger partial charge in [0.2, 0.25) is 14.2 Å². The fourth-order valence-electron chi connectivity index (χ4n) is 6.33. The summed E-state index contributed by atoms with van der Waals surface area (Å²) in [6.07, 6.45) is -0.767. The molecular formula is C38H42ClN7O6Si. The van der Waals surface area contributed by atoms with E-state index in [-0.39, 0.29) is 31.1 Å². The lowest BCUT2D eigenvalue weighted by Crippen LogP contribution is -2.41. The number of benzene rings is 3. The van der Waals surface area contributed by atoms with E-state index in [4.69, 9.17) is 26.1 Å². The second-order valence-electron chi connectivity index (χ2n) is 14.3. The SMILES string of the molecule is COc1ccc2c(c1)C(c1ccc(Cl)cc1)=N[C@@H](CC(=O)NCCNC(=O)c1cc3c([Si](C)(C)O)cccc3n1C(=O)OC(C)(C)C)c1nnc(C)n1-2. The largest absolute Gasteiger partial charge is 0.497 e. The maximum Gasteiger partial charge on any atom is 0.419 e. The van der Waals surface area contributed by atoms with Crippen LogP contribution in [0.25, 0.3) is 16.6 Å². The molecule has 2 amide bonds. The number of methoxy groups -OCH3 is 1. The smallest absolute Gasteiger partial charge is 0.419 e. The van der Waals surface area contributed by atoms with Crippen LogP contribution in [0.4, 0.5) is 4.79 Å². The Balaban J connectivity index is 1.21. The van der Waals surface area contributed by atoms with Crippen molar-refractivity contribution in [3.63, 3.8) is 0 Å². The number of ether oxygens (including phenoxy) is 2. The number of aliphatic imine (C=N–C) groups is 1. The molecule has 0 bridgehead atoms. The molecule has 3 aromatic carbocycles. The molecular weight excluding hydrogens is 714 g/mol. The zero-order chi connectivity index (χ0) is 38.2. The van der Waals surface area contributed by atoms with Gasteiger partial charge < -0.3 is 24.9 Å². The van der Waals surface area contributed by atoms with Crippen LogP contribution in [0.3, 0.4) is 0 Å². The Morgan fingerprint density at radius 1 is 0.981 bits per heavy atom. The lowest BCUT2D eigenvalue weighted by Gasteiger charge is -2.21. The van der Waals surface area contributed by atoms with Crippen LogP contribution < -0.4 is 20.6 Å². The predicted molar refractivity (Wildman–Crippen MR) is 205 cm³/mol. The summed E-state index contributed by atoms with van der Waals surface area (Å²) in [7, 11) is -1.24. The van der Waals surface area contributed by atoms with Crippen LogP contribution in [0.15, 0.2) is 71.7 Å². The molecule has 3 heterocycles. The standard InChI is InChI=1S/C38H42ClN7O6Si/c1-22-43-44-35-28(42-34(23-11-13-24(39)14-12-23)27-19-25(51-5)15-16-30(27)45(22)35)21-33(47)40-17-18-41-36(48)31-20-26-29(9-8-10-32(26)53(6,7)50)46(31)37(49)52-38(2,3)4/h8-16,19-20,28,50H,17-18,21H2,1-7H3,(H,40,47)(H,41,48)/t28-/m0/s1. The summed E-state index contributed by atoms with van der Waals surface area (Å²) in [6, 6.07) is 19.1. The Labute approximate surface area is 313 Å². The van der Waals surface area contributed by atoms with Crippen molar-refractivity contribution in [3.05, 3.63) is 100 Å². The van der Waals surface area contributed by atoms with Crippen LogP contribution in [0, 0.1) is 6.92 Å². The maximum atomic E-state index is 13.6. The number of halogens is 1. The quantitative estimate of drug-likeness (QED) is 0.137. The first-order chi connectivity index (χ1) is 25.1. The van der Waals surface area contributed by atoms with Gasteiger partial charge in [-0.05, 0) is 88.4 Å². The minimum absolute atomic E-state index is 0.0508. The number of nitrogens with zero attached hydrogens (tertiary/aromatic N) is 5. The van der Waals surface area contributed by atoms with E-state index in [2.05, 4.69) is 20.8 Å². The molecule has 53 heavy (non-hydrogen) atoms. The number of hydrogen-bond donors (Lipinski definition) is 3. The number of rotatable bonds is 9. The molecule has 15 heteroatoms. The molecule has 0 saturated heterocycles. The summed E-state index contributed by atoms with van der Waals surface area (Å²) in [5, 5.41) is 16.3. The van der Waals surface area contributed by atoms with E-state index in [1.807, 2.05) is 41.8 Å². The van der Waals surface area contributed by atoms with E-state index in [1.165, 1.54) is 4.57 Å². The minimum Gasteiger partial charge on any atom is -0.497 e. The summed E-state index contributed by atoms with van der Waals surface area (Å²) in [5.41, 5.74) is 2.71. The van der Waals surface area contributed by atoms with Gasteiger partial charge in [-0.3, -0.25) is 19.1 Å². The van der Waals surface area contributed by atoms with Crippen molar-refractivity contribution in [2.24, 2.45) is 4.99 Å². The van der Waals surface area contributed by atoms with Gasteiger partial charge in [0.25, 0.3) is 5.91 Å². The second kappa shape index (κ2) is 14.6. The number of aromatic nitrogens is 4. The summed E-state index contributed by atoms with van der Waals surface area (Å²) in [4.78, 5) is 56.5. The lowest BCUT2D eigenvalue weighted by molar-refractivity contribution is -0.121. The van der Waals surface area contributed by atoms with Crippen molar-refractivity contribution in [1.82, 2.24) is 30.0 Å². The van der Waals surface area contributed by atoms with Crippen LogP contribution in [-0.2, 0) is 9.53 Å². The Kier molecular flexibility index (Phi) is 10.3. The lowest BCUT2D eigenvalue weighted by atomic mass is 10.00. The first kappa shape index (κ1) is 37.4. The van der Waals surface area contributed by atoms with Gasteiger partial charge in [0.05, 0.1) is 30.4 Å². The highest BCUT2D eigenvalue weighted by atomic mass is 35.5. The van der Waals surface area contributed by atoms with Gasteiger partial charge >= 0.3 is 6.09 Å². The molecule has 0 aliphatic carbocycles. The molecule has 13 nitrogen and oxygen atoms in total. The molecule has 0 fully saturated rings. The van der Waals surface area contributed by atoms with E-state index in [9.17, 15) is 19.2 Å². The molecule has 5 aromatic rings. The molecule has 1 aliphatic rings. The van der Waals surface area contributed by atoms with Crippen molar-refractivity contribution in [2.75, 3.05) is 20.2 Å². The summed E-state index contributed by atoms with van der Waals surface area (Å²) in [6.45, 7) is 10.8. The van der Waals surface area contributed by atoms with E-state index in [1.54, 1.807) is 77.4 Å². The highest BCUT2D eigenvalue weighted by Crippen LogP contribution is 2.34. The van der Waals surface area contributed by atoms with Crippen LogP contribution in [0.1, 0.15) is 66.5 Å². The van der Waals surface area contributed by atoms with Crippen LogP contribution >= 0.6 is 11.6 Å². The second-order valence-corrected chi connectivity index (χ2v) is 18.4. The van der Waals surface area contributed by atoms with Gasteiger partial charge in [0.1, 0.15) is 28.9 Å². The minimum atomic E-state index is -2.83. The number of aryl methyl sites for hydroxylation is 1. The highest BCUT2D eigenvalue weighted by molar-refractivity contribution is 6.85. The average molecular weight is 756 g/mol. The van der Waals surface area contributed by atoms with Crippen LogP contribution in [0.2, 0.25) is 18.1 Å². The molecule has 0 unspecified atom stereocenters. The monoisotopic (exact) mass is 755 g/mol. The third-order valence-corrected chi connectivity index (χ3v) is 10.7. The molecule has 0 saturated carbocycles. The topological polar surface area (TPSA) is 162 Å². The van der Waals surface area contributed by atoms with Gasteiger partial charge in [0, 0.05) is 34.6 Å².